The third-order valence-electron chi connectivity index (χ3n) is 5.84. The Morgan fingerprint density at radius 1 is 0.625 bits per heavy atom. The molecule has 40 heavy (non-hydrogen) atoms. The highest BCUT2D eigenvalue weighted by molar-refractivity contribution is 7.60. The highest BCUT2D eigenvalue weighted by atomic mass is 31.2. The lowest BCUT2D eigenvalue weighted by molar-refractivity contribution is -0.210. The fourth-order valence-corrected chi connectivity index (χ4v) is 5.98. The zero-order valence-corrected chi connectivity index (χ0v) is 25.9. The van der Waals surface area contributed by atoms with E-state index in [0.29, 0.717) is 48.3 Å². The minimum absolute atomic E-state index is 0.161. The van der Waals surface area contributed by atoms with Crippen LogP contribution in [0.25, 0.3) is 0 Å². The molecule has 2 rings (SSSR count). The van der Waals surface area contributed by atoms with Crippen LogP contribution in [0, 0.1) is 0 Å². The number of aliphatic imine (C=N–C) groups is 2. The number of aliphatic hydroxyl groups excluding tert-OH is 2. The van der Waals surface area contributed by atoms with Gasteiger partial charge in [0.2, 0.25) is 0 Å². The van der Waals surface area contributed by atoms with Crippen LogP contribution in [-0.2, 0) is 18.1 Å². The third-order valence-corrected chi connectivity index (χ3v) is 9.11. The van der Waals surface area contributed by atoms with E-state index in [9.17, 15) is 20.0 Å². The number of fused-ring (bicyclic) bond motifs is 1. The lowest BCUT2D eigenvalue weighted by Crippen LogP contribution is -2.22. The van der Waals surface area contributed by atoms with E-state index in [0.717, 1.165) is 25.7 Å². The standard InChI is InChI=1S/C28H44N2O8P2/c1-5-9-19-35-39(33,36-20-10-6-2)27(31)29-25-17-13-16-24-23(25)15-14-18-26(24)30-28(32)40(34,37-21-11-7-3)38-22-12-8-4/h13-18H,5-12,19-22H2,1-4H3,(H2-2,29,30,31,32,33,34)/q-2. The molecule has 2 aliphatic carbocycles. The third kappa shape index (κ3) is 10.4. The molecule has 10 nitrogen and oxygen atoms in total. The summed E-state index contributed by atoms with van der Waals surface area (Å²) in [4.78, 5) is 35.3. The summed E-state index contributed by atoms with van der Waals surface area (Å²) < 4.78 is 22.0. The van der Waals surface area contributed by atoms with E-state index >= 15 is 0 Å². The van der Waals surface area contributed by atoms with Gasteiger partial charge in [0.05, 0.1) is 37.9 Å². The van der Waals surface area contributed by atoms with Gasteiger partial charge in [0, 0.05) is 11.1 Å². The molecule has 0 saturated carbocycles. The van der Waals surface area contributed by atoms with Crippen molar-refractivity contribution in [3.8, 4) is 0 Å². The Balaban J connectivity index is 2.45. The van der Waals surface area contributed by atoms with E-state index in [1.807, 2.05) is 27.7 Å². The Labute approximate surface area is 238 Å². The highest BCUT2D eigenvalue weighted by Crippen LogP contribution is 2.44. The van der Waals surface area contributed by atoms with Gasteiger partial charge in [-0.15, -0.1) is 0 Å². The van der Waals surface area contributed by atoms with Crippen molar-refractivity contribution < 1.29 is 38.1 Å². The summed E-state index contributed by atoms with van der Waals surface area (Å²) in [5.74, 6) is 0. The molecule has 0 aromatic rings. The van der Waals surface area contributed by atoms with Gasteiger partial charge in [0.15, 0.2) is 11.2 Å². The van der Waals surface area contributed by atoms with Crippen molar-refractivity contribution in [3.05, 3.63) is 47.6 Å². The van der Waals surface area contributed by atoms with Crippen LogP contribution in [0.4, 0.5) is 0 Å². The predicted molar refractivity (Wildman–Crippen MR) is 160 cm³/mol. The van der Waals surface area contributed by atoms with Crippen LogP contribution in [0.5, 0.6) is 0 Å². The predicted octanol–water partition coefficient (Wildman–Crippen LogP) is 5.29. The van der Waals surface area contributed by atoms with Crippen molar-refractivity contribution >= 4 is 37.8 Å². The van der Waals surface area contributed by atoms with Crippen molar-refractivity contribution in [2.24, 2.45) is 9.98 Å². The summed E-state index contributed by atoms with van der Waals surface area (Å²) in [6, 6.07) is 0. The Hall–Kier alpha value is -1.42. The molecule has 0 heterocycles. The zero-order chi connectivity index (χ0) is 29.4. The normalized spacial score (nSPS) is 17.3. The van der Waals surface area contributed by atoms with Crippen molar-refractivity contribution in [2.75, 3.05) is 26.4 Å². The summed E-state index contributed by atoms with van der Waals surface area (Å²) in [7, 11) is -8.06. The number of nitrogens with zero attached hydrogens (tertiary/aromatic N) is 2. The minimum atomic E-state index is -4.03. The fraction of sp³-hybridized carbons (Fsp3) is 0.571. The van der Waals surface area contributed by atoms with Crippen LogP contribution in [-0.4, -0.2) is 59.3 Å². The Bertz CT molecular complexity index is 1020. The second-order valence-corrected chi connectivity index (χ2v) is 13.0. The van der Waals surface area contributed by atoms with Crippen LogP contribution in [0.3, 0.4) is 0 Å². The molecule has 0 atom stereocenters. The van der Waals surface area contributed by atoms with E-state index in [-0.39, 0.29) is 26.4 Å². The maximum absolute atomic E-state index is 13.4. The molecule has 0 amide bonds. The first-order valence-corrected chi connectivity index (χ1v) is 17.2. The second kappa shape index (κ2) is 18.2. The molecule has 0 bridgehead atoms. The van der Waals surface area contributed by atoms with Gasteiger partial charge < -0.3 is 38.1 Å². The first-order valence-electron chi connectivity index (χ1n) is 14.1. The summed E-state index contributed by atoms with van der Waals surface area (Å²) >= 11 is 0. The SMILES string of the molecule is CCCCOP([O-])(OCCCC)=C(O)N=C1C=CC=C2C1=CC=CC2=NC(O)=P([O-])(OCCCC)OCCCC. The molecule has 0 aromatic heterocycles. The van der Waals surface area contributed by atoms with Gasteiger partial charge in [-0.05, 0) is 37.8 Å². The van der Waals surface area contributed by atoms with E-state index in [1.165, 1.54) is 0 Å². The van der Waals surface area contributed by atoms with Crippen molar-refractivity contribution in [1.82, 2.24) is 0 Å². The smallest absolute Gasteiger partial charge is 0.197 e. The van der Waals surface area contributed by atoms with Gasteiger partial charge in [0.1, 0.15) is 15.1 Å². The average Bonchev–Trinajstić information content (AvgIpc) is 2.94. The second-order valence-electron chi connectivity index (χ2n) is 9.22. The summed E-state index contributed by atoms with van der Waals surface area (Å²) in [6.45, 7) is 8.54. The molecule has 0 spiro atoms. The van der Waals surface area contributed by atoms with Crippen LogP contribution >= 0.6 is 15.1 Å². The molecule has 12 heteroatoms. The van der Waals surface area contributed by atoms with Crippen LogP contribution in [0.2, 0.25) is 0 Å². The molecule has 0 fully saturated rings. The van der Waals surface area contributed by atoms with Gasteiger partial charge >= 0.3 is 0 Å². The Morgan fingerprint density at radius 3 is 1.20 bits per heavy atom. The maximum atomic E-state index is 13.4. The summed E-state index contributed by atoms with van der Waals surface area (Å²) in [5, 5.41) is 21.6. The lowest BCUT2D eigenvalue weighted by atomic mass is 9.89. The fourth-order valence-electron chi connectivity index (χ4n) is 3.43. The number of rotatable bonds is 18. The molecular weight excluding hydrogens is 554 g/mol. The van der Waals surface area contributed by atoms with Gasteiger partial charge in [-0.2, -0.15) is 0 Å². The monoisotopic (exact) mass is 598 g/mol. The van der Waals surface area contributed by atoms with E-state index in [1.54, 1.807) is 36.5 Å². The summed E-state index contributed by atoms with van der Waals surface area (Å²) in [6.07, 6.45) is 16.1. The highest BCUT2D eigenvalue weighted by Gasteiger charge is 2.22. The Kier molecular flexibility index (Phi) is 15.8. The molecule has 2 aliphatic rings. The van der Waals surface area contributed by atoms with Gasteiger partial charge in [0.25, 0.3) is 0 Å². The van der Waals surface area contributed by atoms with E-state index in [2.05, 4.69) is 9.98 Å². The lowest BCUT2D eigenvalue weighted by Gasteiger charge is -2.32. The van der Waals surface area contributed by atoms with Crippen molar-refractivity contribution in [3.63, 3.8) is 0 Å². The number of allylic oxidation sites excluding steroid dienone is 8. The van der Waals surface area contributed by atoms with Crippen molar-refractivity contribution in [1.29, 1.82) is 0 Å². The van der Waals surface area contributed by atoms with Gasteiger partial charge in [-0.25, -0.2) is 9.98 Å². The molecule has 226 valence electrons. The van der Waals surface area contributed by atoms with Crippen LogP contribution in [0.15, 0.2) is 57.6 Å². The number of hydrogen-bond acceptors (Lipinski definition) is 6. The van der Waals surface area contributed by atoms with Crippen LogP contribution in [0.1, 0.15) is 79.1 Å². The molecular formula is C28H44N2O8P2-2. The Morgan fingerprint density at radius 2 is 0.925 bits per heavy atom. The van der Waals surface area contributed by atoms with Crippen LogP contribution < -0.4 is 9.79 Å². The van der Waals surface area contributed by atoms with E-state index < -0.39 is 26.3 Å². The average molecular weight is 599 g/mol. The first kappa shape index (κ1) is 34.8. The largest absolute Gasteiger partial charge is 0.785 e. The first-order chi connectivity index (χ1) is 19.2. The van der Waals surface area contributed by atoms with E-state index in [4.69, 9.17) is 18.1 Å². The molecule has 2 N–H and O–H groups in total. The summed E-state index contributed by atoms with van der Waals surface area (Å²) in [5.41, 5.74) is 0.220. The minimum Gasteiger partial charge on any atom is -0.785 e. The molecule has 0 aliphatic heterocycles. The topological polar surface area (TPSA) is 148 Å². The molecule has 0 radical (unpaired) electrons. The number of aliphatic hydroxyl groups is 2. The number of unbranched alkanes of at least 4 members (excludes halogenated alkanes) is 4. The van der Waals surface area contributed by atoms with Crippen molar-refractivity contribution in [2.45, 2.75) is 79.1 Å². The number of hydrogen-bond donors (Lipinski definition) is 2. The molecule has 0 aromatic carbocycles. The molecule has 0 saturated heterocycles. The zero-order valence-electron chi connectivity index (χ0n) is 24.1. The van der Waals surface area contributed by atoms with Gasteiger partial charge in [-0.1, -0.05) is 77.7 Å². The van der Waals surface area contributed by atoms with Gasteiger partial charge in [-0.3, -0.25) is 0 Å². The molecule has 0 unspecified atom stereocenters. The quantitative estimate of drug-likeness (QED) is 0.160. The maximum Gasteiger partial charge on any atom is 0.197 e.